The van der Waals surface area contributed by atoms with Gasteiger partial charge in [0.2, 0.25) is 0 Å². The summed E-state index contributed by atoms with van der Waals surface area (Å²) in [5, 5.41) is 16.4. The Labute approximate surface area is 171 Å². The van der Waals surface area contributed by atoms with Gasteiger partial charge in [-0.3, -0.25) is 10.7 Å². The Balaban J connectivity index is 1.77. The van der Waals surface area contributed by atoms with Crippen molar-refractivity contribution in [3.63, 3.8) is 0 Å². The Kier molecular flexibility index (Phi) is 8.30. The van der Waals surface area contributed by atoms with Crippen molar-refractivity contribution in [2.24, 2.45) is 0 Å². The van der Waals surface area contributed by atoms with Crippen molar-refractivity contribution in [1.82, 2.24) is 21.3 Å². The van der Waals surface area contributed by atoms with Crippen LogP contribution in [-0.4, -0.2) is 25.0 Å². The molecule has 0 radical (unpaired) electrons. The third-order valence-electron chi connectivity index (χ3n) is 3.84. The lowest BCUT2D eigenvalue weighted by Crippen LogP contribution is -2.39. The quantitative estimate of drug-likeness (QED) is 0.352. The second-order valence-corrected chi connectivity index (χ2v) is 5.91. The first-order chi connectivity index (χ1) is 14.4. The van der Waals surface area contributed by atoms with Gasteiger partial charge in [0.25, 0.3) is 0 Å². The molecule has 0 atom stereocenters. The van der Waals surface area contributed by atoms with E-state index in [-0.39, 0.29) is 18.7 Å². The van der Waals surface area contributed by atoms with Gasteiger partial charge in [0, 0.05) is 30.4 Å². The molecule has 0 bridgehead atoms. The van der Waals surface area contributed by atoms with E-state index in [0.717, 1.165) is 0 Å². The third-order valence-corrected chi connectivity index (χ3v) is 3.84. The van der Waals surface area contributed by atoms with Crippen LogP contribution < -0.4 is 26.0 Å². The van der Waals surface area contributed by atoms with Gasteiger partial charge in [-0.25, -0.2) is 18.4 Å². The summed E-state index contributed by atoms with van der Waals surface area (Å²) in [4.78, 5) is 23.5. The highest BCUT2D eigenvalue weighted by atomic mass is 19.1. The van der Waals surface area contributed by atoms with Crippen molar-refractivity contribution in [3.05, 3.63) is 77.5 Å². The van der Waals surface area contributed by atoms with E-state index in [9.17, 15) is 18.4 Å². The molecular weight excluding hydrogens is 396 g/mol. The number of para-hydroxylation sites is 1. The number of amides is 4. The number of nitrogens with one attached hydrogen (secondary N) is 5. The average molecular weight is 417 g/mol. The number of carbonyl (C=O) groups excluding carboxylic acids is 2. The van der Waals surface area contributed by atoms with Crippen LogP contribution in [0.15, 0.2) is 60.6 Å². The fourth-order valence-electron chi connectivity index (χ4n) is 2.31. The van der Waals surface area contributed by atoms with E-state index in [0.29, 0.717) is 17.5 Å². The van der Waals surface area contributed by atoms with E-state index < -0.39 is 29.5 Å². The largest absolute Gasteiger partial charge is 0.496 e. The summed E-state index contributed by atoms with van der Waals surface area (Å²) in [5.41, 5.74) is 0.962. The second-order valence-electron chi connectivity index (χ2n) is 5.91. The SMILES string of the molecule is COc1ccccc1CNC(=O)NC(=N)/C(F)=C\NC(=O)NCc1ccccc1F. The summed E-state index contributed by atoms with van der Waals surface area (Å²) < 4.78 is 32.5. The number of urea groups is 2. The summed E-state index contributed by atoms with van der Waals surface area (Å²) in [6.45, 7) is 0.000177. The highest BCUT2D eigenvalue weighted by Crippen LogP contribution is 2.16. The number of ether oxygens (including phenoxy) is 1. The first-order valence-electron chi connectivity index (χ1n) is 8.79. The smallest absolute Gasteiger partial charge is 0.320 e. The summed E-state index contributed by atoms with van der Waals surface area (Å²) in [5.74, 6) is -1.93. The van der Waals surface area contributed by atoms with Crippen LogP contribution in [0, 0.1) is 11.2 Å². The number of methoxy groups -OCH3 is 1. The zero-order valence-corrected chi connectivity index (χ0v) is 16.1. The lowest BCUT2D eigenvalue weighted by molar-refractivity contribution is 0.243. The van der Waals surface area contributed by atoms with E-state index >= 15 is 0 Å². The van der Waals surface area contributed by atoms with Crippen LogP contribution in [0.4, 0.5) is 18.4 Å². The van der Waals surface area contributed by atoms with E-state index in [1.807, 2.05) is 5.32 Å². The first-order valence-corrected chi connectivity index (χ1v) is 8.79. The average Bonchev–Trinajstić information content (AvgIpc) is 2.75. The molecule has 10 heteroatoms. The molecule has 2 rings (SSSR count). The lowest BCUT2D eigenvalue weighted by Gasteiger charge is -2.10. The van der Waals surface area contributed by atoms with Gasteiger partial charge in [-0.1, -0.05) is 36.4 Å². The summed E-state index contributed by atoms with van der Waals surface area (Å²) in [6.07, 6.45) is 0.611. The minimum absolute atomic E-state index is 0.102. The Hall–Kier alpha value is -3.95. The molecule has 158 valence electrons. The van der Waals surface area contributed by atoms with Gasteiger partial charge in [0.05, 0.1) is 7.11 Å². The Morgan fingerprint density at radius 2 is 1.60 bits per heavy atom. The van der Waals surface area contributed by atoms with Crippen molar-refractivity contribution >= 4 is 17.9 Å². The number of carbonyl (C=O) groups is 2. The van der Waals surface area contributed by atoms with Crippen molar-refractivity contribution in [2.75, 3.05) is 7.11 Å². The molecule has 30 heavy (non-hydrogen) atoms. The van der Waals surface area contributed by atoms with Gasteiger partial charge in [-0.15, -0.1) is 0 Å². The maximum absolute atomic E-state index is 13.9. The van der Waals surface area contributed by atoms with Crippen molar-refractivity contribution in [3.8, 4) is 5.75 Å². The van der Waals surface area contributed by atoms with Gasteiger partial charge >= 0.3 is 12.1 Å². The molecule has 5 N–H and O–H groups in total. The first kappa shape index (κ1) is 22.3. The molecule has 0 aliphatic carbocycles. The van der Waals surface area contributed by atoms with Gasteiger partial charge in [0.1, 0.15) is 11.6 Å². The Bertz CT molecular complexity index is 950. The highest BCUT2D eigenvalue weighted by molar-refractivity contribution is 6.04. The molecule has 0 spiro atoms. The predicted octanol–water partition coefficient (Wildman–Crippen LogP) is 2.92. The molecule has 0 unspecified atom stereocenters. The summed E-state index contributed by atoms with van der Waals surface area (Å²) in [7, 11) is 1.49. The molecule has 0 aliphatic rings. The molecule has 0 aliphatic heterocycles. The van der Waals surface area contributed by atoms with Crippen LogP contribution in [0.25, 0.3) is 0 Å². The number of amidine groups is 1. The summed E-state index contributed by atoms with van der Waals surface area (Å²) >= 11 is 0. The second kappa shape index (κ2) is 11.1. The molecular formula is C20H21F2N5O3. The van der Waals surface area contributed by atoms with Gasteiger partial charge in [-0.05, 0) is 12.1 Å². The molecule has 0 saturated heterocycles. The van der Waals surface area contributed by atoms with E-state index in [1.54, 1.807) is 30.3 Å². The topological polar surface area (TPSA) is 115 Å². The molecule has 0 saturated carbocycles. The monoisotopic (exact) mass is 417 g/mol. The van der Waals surface area contributed by atoms with Gasteiger partial charge in [0.15, 0.2) is 11.7 Å². The van der Waals surface area contributed by atoms with Crippen LogP contribution in [-0.2, 0) is 13.1 Å². The van der Waals surface area contributed by atoms with Crippen molar-refractivity contribution in [1.29, 1.82) is 5.41 Å². The Morgan fingerprint density at radius 3 is 2.30 bits per heavy atom. The zero-order valence-electron chi connectivity index (χ0n) is 16.1. The van der Waals surface area contributed by atoms with Crippen LogP contribution in [0.2, 0.25) is 0 Å². The van der Waals surface area contributed by atoms with Gasteiger partial charge in [-0.2, -0.15) is 0 Å². The minimum atomic E-state index is -1.18. The molecule has 0 heterocycles. The van der Waals surface area contributed by atoms with E-state index in [1.165, 1.54) is 25.3 Å². The fraction of sp³-hybridized carbons (Fsp3) is 0.150. The predicted molar refractivity (Wildman–Crippen MR) is 107 cm³/mol. The lowest BCUT2D eigenvalue weighted by atomic mass is 10.2. The molecule has 2 aromatic rings. The molecule has 4 amide bonds. The third kappa shape index (κ3) is 6.89. The number of hydrogen-bond acceptors (Lipinski definition) is 4. The standard InChI is InChI=1S/C20H21F2N5O3/c1-30-17-9-5-3-7-14(17)11-25-20(29)27-18(23)16(22)12-26-19(28)24-10-13-6-2-4-8-15(13)21/h2-9,12H,10-11H2,1H3,(H2,24,26,28)(H3,23,25,27,29)/b16-12+. The van der Waals surface area contributed by atoms with Crippen LogP contribution in [0.5, 0.6) is 5.75 Å². The highest BCUT2D eigenvalue weighted by Gasteiger charge is 2.11. The number of rotatable bonds is 7. The normalized spacial score (nSPS) is 10.7. The van der Waals surface area contributed by atoms with Crippen molar-refractivity contribution < 1.29 is 23.1 Å². The fourth-order valence-corrected chi connectivity index (χ4v) is 2.31. The minimum Gasteiger partial charge on any atom is -0.496 e. The van der Waals surface area contributed by atoms with Crippen molar-refractivity contribution in [2.45, 2.75) is 13.1 Å². The van der Waals surface area contributed by atoms with Crippen LogP contribution >= 0.6 is 0 Å². The number of benzene rings is 2. The van der Waals surface area contributed by atoms with E-state index in [4.69, 9.17) is 10.1 Å². The zero-order chi connectivity index (χ0) is 21.9. The number of halogens is 2. The molecule has 0 aromatic heterocycles. The van der Waals surface area contributed by atoms with Crippen LogP contribution in [0.1, 0.15) is 11.1 Å². The molecule has 8 nitrogen and oxygen atoms in total. The Morgan fingerprint density at radius 1 is 1.00 bits per heavy atom. The van der Waals surface area contributed by atoms with E-state index in [2.05, 4.69) is 16.0 Å². The summed E-state index contributed by atoms with van der Waals surface area (Å²) in [6, 6.07) is 11.3. The van der Waals surface area contributed by atoms with Crippen LogP contribution in [0.3, 0.4) is 0 Å². The maximum Gasteiger partial charge on any atom is 0.320 e. The molecule has 2 aromatic carbocycles. The maximum atomic E-state index is 13.9. The van der Waals surface area contributed by atoms with Gasteiger partial charge < -0.3 is 20.7 Å². The number of hydrogen-bond donors (Lipinski definition) is 5. The molecule has 0 fully saturated rings.